The van der Waals surface area contributed by atoms with Crippen molar-refractivity contribution in [1.29, 1.82) is 0 Å². The molecule has 46 valence electrons. The van der Waals surface area contributed by atoms with Gasteiger partial charge in [0.2, 0.25) is 0 Å². The van der Waals surface area contributed by atoms with Crippen molar-refractivity contribution >= 4 is 11.8 Å². The van der Waals surface area contributed by atoms with Crippen LogP contribution >= 0.6 is 11.8 Å². The summed E-state index contributed by atoms with van der Waals surface area (Å²) in [6.07, 6.45) is 4.08. The predicted octanol–water partition coefficient (Wildman–Crippen LogP) is -1.12. The summed E-state index contributed by atoms with van der Waals surface area (Å²) in [6, 6.07) is 0. The van der Waals surface area contributed by atoms with Gasteiger partial charge < -0.3 is 14.9 Å². The van der Waals surface area contributed by atoms with Gasteiger partial charge in [0.1, 0.15) is 0 Å². The van der Waals surface area contributed by atoms with Gasteiger partial charge in [-0.1, -0.05) is 0 Å². The van der Waals surface area contributed by atoms with Crippen molar-refractivity contribution in [2.45, 2.75) is 0 Å². The Bertz CT molecular complexity index is 11.7. The van der Waals surface area contributed by atoms with Crippen molar-refractivity contribution in [2.75, 3.05) is 12.5 Å². The average Bonchev–Trinajstić information content (AvgIpc) is 0.918. The van der Waals surface area contributed by atoms with Gasteiger partial charge in [0.15, 0.2) is 0 Å². The molecule has 0 aromatic heterocycles. The van der Waals surface area contributed by atoms with Crippen molar-refractivity contribution in [3.05, 3.63) is 14.9 Å². The Balaban J connectivity index is -0.00000000333. The summed E-state index contributed by atoms with van der Waals surface area (Å²) in [5.74, 6) is 0. The van der Waals surface area contributed by atoms with Crippen LogP contribution in [0, 0.1) is 14.9 Å². The summed E-state index contributed by atoms with van der Waals surface area (Å²) in [4.78, 5) is 0. The molecule has 0 aromatic carbocycles. The van der Waals surface area contributed by atoms with E-state index in [1.54, 1.807) is 11.8 Å². The minimum atomic E-state index is 0. The normalized spacial score (nSPS) is 2.57. The molecule has 0 spiro atoms. The van der Waals surface area contributed by atoms with Crippen molar-refractivity contribution in [3.63, 3.8) is 0 Å². The van der Waals surface area contributed by atoms with Crippen LogP contribution in [0.25, 0.3) is 0 Å². The Labute approximate surface area is 74.9 Å². The van der Waals surface area contributed by atoms with Gasteiger partial charge in [-0.15, -0.1) is 0 Å². The summed E-state index contributed by atoms with van der Waals surface area (Å²) in [6.45, 7) is 0. The zero-order valence-corrected chi connectivity index (χ0v) is 7.47. The molecule has 0 nitrogen and oxygen atoms in total. The third-order valence-electron chi connectivity index (χ3n) is 0. The Morgan fingerprint density at radius 2 is 1.00 bits per heavy atom. The molecular formula is C4H12CuLiS. The molecule has 0 unspecified atom stereocenters. The Kier molecular flexibility index (Phi) is 288. The maximum absolute atomic E-state index is 2.04. The van der Waals surface area contributed by atoms with Crippen LogP contribution in [0.2, 0.25) is 0 Å². The van der Waals surface area contributed by atoms with Crippen molar-refractivity contribution in [2.24, 2.45) is 0 Å². The van der Waals surface area contributed by atoms with E-state index in [2.05, 4.69) is 0 Å². The second kappa shape index (κ2) is 51.3. The molecule has 0 aliphatic rings. The standard InChI is InChI=1S/C2H6S.2CH3.Cu.Li/c1-3-2;;;;/h1-2H3;2*1H3;;/q;2*-1;2*+1. The van der Waals surface area contributed by atoms with E-state index >= 15 is 0 Å². The van der Waals surface area contributed by atoms with E-state index in [0.717, 1.165) is 0 Å². The molecule has 0 amide bonds. The number of hydrogen-bond donors (Lipinski definition) is 0. The Morgan fingerprint density at radius 1 is 1.00 bits per heavy atom. The van der Waals surface area contributed by atoms with Crippen LogP contribution in [0.15, 0.2) is 0 Å². The fourth-order valence-electron chi connectivity index (χ4n) is 0. The average molecular weight is 163 g/mol. The van der Waals surface area contributed by atoms with E-state index in [1.807, 2.05) is 12.5 Å². The first-order valence-electron chi connectivity index (χ1n) is 0.816. The molecule has 7 heavy (non-hydrogen) atoms. The second-order valence-electron chi connectivity index (χ2n) is 0.408. The zero-order valence-electron chi connectivity index (χ0n) is 5.71. The molecule has 0 saturated carbocycles. The van der Waals surface area contributed by atoms with Crippen LogP contribution in [0.4, 0.5) is 0 Å². The van der Waals surface area contributed by atoms with Gasteiger partial charge >= 0.3 is 35.9 Å². The zero-order chi connectivity index (χ0) is 2.71. The first-order valence-corrected chi connectivity index (χ1v) is 2.45. The number of hydrogen-bond acceptors (Lipinski definition) is 1. The monoisotopic (exact) mass is 162 g/mol. The SMILES string of the molecule is CSC.[CH3-].[CH3-].[Cu+].[Li+]. The van der Waals surface area contributed by atoms with Crippen molar-refractivity contribution in [3.8, 4) is 0 Å². The number of thioether (sulfide) groups is 1. The molecule has 0 bridgehead atoms. The van der Waals surface area contributed by atoms with E-state index in [9.17, 15) is 0 Å². The molecule has 0 heterocycles. The van der Waals surface area contributed by atoms with Gasteiger partial charge in [-0.05, 0) is 12.5 Å². The molecule has 0 atom stereocenters. The summed E-state index contributed by atoms with van der Waals surface area (Å²) < 4.78 is 0. The van der Waals surface area contributed by atoms with Crippen LogP contribution in [-0.4, -0.2) is 12.5 Å². The molecule has 0 N–H and O–H groups in total. The summed E-state index contributed by atoms with van der Waals surface area (Å²) in [5.41, 5.74) is 0. The Hall–Kier alpha value is 1.47. The van der Waals surface area contributed by atoms with E-state index in [1.165, 1.54) is 0 Å². The fraction of sp³-hybridized carbons (Fsp3) is 0.500. The largest absolute Gasteiger partial charge is 1.00 e. The van der Waals surface area contributed by atoms with Crippen LogP contribution in [0.5, 0.6) is 0 Å². The van der Waals surface area contributed by atoms with Gasteiger partial charge in [-0.25, -0.2) is 0 Å². The summed E-state index contributed by atoms with van der Waals surface area (Å²) in [7, 11) is 0. The van der Waals surface area contributed by atoms with Crippen LogP contribution in [0.3, 0.4) is 0 Å². The third kappa shape index (κ3) is 104. The molecule has 0 aliphatic carbocycles. The fourth-order valence-corrected chi connectivity index (χ4v) is 0. The van der Waals surface area contributed by atoms with Crippen LogP contribution in [0.1, 0.15) is 0 Å². The molecule has 0 aliphatic heterocycles. The van der Waals surface area contributed by atoms with E-state index < -0.39 is 0 Å². The predicted molar refractivity (Wildman–Crippen MR) is 32.3 cm³/mol. The first-order chi connectivity index (χ1) is 1.41. The Morgan fingerprint density at radius 3 is 1.00 bits per heavy atom. The van der Waals surface area contributed by atoms with E-state index in [0.29, 0.717) is 0 Å². The smallest absolute Gasteiger partial charge is 0.358 e. The van der Waals surface area contributed by atoms with Crippen molar-refractivity contribution in [1.82, 2.24) is 0 Å². The maximum atomic E-state index is 2.04. The van der Waals surface area contributed by atoms with Gasteiger partial charge in [0, 0.05) is 0 Å². The minimum Gasteiger partial charge on any atom is -0.358 e. The topological polar surface area (TPSA) is 0 Å². The molecule has 0 radical (unpaired) electrons. The quantitative estimate of drug-likeness (QED) is 0.321. The molecule has 0 aromatic rings. The minimum absolute atomic E-state index is 0. The van der Waals surface area contributed by atoms with E-state index in [-0.39, 0.29) is 50.8 Å². The van der Waals surface area contributed by atoms with Crippen LogP contribution < -0.4 is 18.9 Å². The van der Waals surface area contributed by atoms with Crippen molar-refractivity contribution < 1.29 is 35.9 Å². The molecule has 3 heteroatoms. The molecule has 0 saturated heterocycles. The van der Waals surface area contributed by atoms with E-state index in [4.69, 9.17) is 0 Å². The number of rotatable bonds is 0. The maximum Gasteiger partial charge on any atom is 1.00 e. The first kappa shape index (κ1) is 39.3. The van der Waals surface area contributed by atoms with Gasteiger partial charge in [-0.3, -0.25) is 0 Å². The van der Waals surface area contributed by atoms with Gasteiger partial charge in [-0.2, -0.15) is 11.8 Å². The van der Waals surface area contributed by atoms with Gasteiger partial charge in [0.05, 0.1) is 0 Å². The van der Waals surface area contributed by atoms with Gasteiger partial charge in [0.25, 0.3) is 0 Å². The third-order valence-corrected chi connectivity index (χ3v) is 0. The molecule has 0 rings (SSSR count). The summed E-state index contributed by atoms with van der Waals surface area (Å²) >= 11 is 1.75. The van der Waals surface area contributed by atoms with Crippen LogP contribution in [-0.2, 0) is 17.1 Å². The molecular weight excluding hydrogens is 151 g/mol. The second-order valence-corrected chi connectivity index (χ2v) is 1.22. The summed E-state index contributed by atoms with van der Waals surface area (Å²) in [5, 5.41) is 0. The molecule has 0 fully saturated rings.